The van der Waals surface area contributed by atoms with Gasteiger partial charge in [0.2, 0.25) is 0 Å². The van der Waals surface area contributed by atoms with Gasteiger partial charge in [-0.05, 0) is 30.3 Å². The summed E-state index contributed by atoms with van der Waals surface area (Å²) in [7, 11) is 0. The highest BCUT2D eigenvalue weighted by molar-refractivity contribution is 5.77. The average molecular weight is 268 g/mol. The van der Waals surface area contributed by atoms with Crippen molar-refractivity contribution in [3.63, 3.8) is 0 Å². The third-order valence-corrected chi connectivity index (χ3v) is 2.61. The van der Waals surface area contributed by atoms with Gasteiger partial charge in [-0.25, -0.2) is 0 Å². The molecule has 0 amide bonds. The van der Waals surface area contributed by atoms with Crippen molar-refractivity contribution in [2.75, 3.05) is 0 Å². The Kier molecular flexibility index (Phi) is 3.59. The van der Waals surface area contributed by atoms with Crippen LogP contribution in [0.5, 0.6) is 0 Å². The van der Waals surface area contributed by atoms with E-state index in [0.29, 0.717) is 11.5 Å². The third kappa shape index (κ3) is 2.95. The van der Waals surface area contributed by atoms with Crippen LogP contribution in [0.15, 0.2) is 78.6 Å². The van der Waals surface area contributed by atoms with E-state index in [-0.39, 0.29) is 0 Å². The van der Waals surface area contributed by atoms with E-state index in [2.05, 4.69) is 9.98 Å². The molecule has 0 bridgehead atoms. The van der Waals surface area contributed by atoms with Gasteiger partial charge in [0.05, 0.1) is 37.5 Å². The highest BCUT2D eigenvalue weighted by Crippen LogP contribution is 2.19. The minimum absolute atomic E-state index is 0.399. The van der Waals surface area contributed by atoms with E-state index in [1.807, 2.05) is 18.2 Å². The van der Waals surface area contributed by atoms with Gasteiger partial charge < -0.3 is 13.3 Å². The quantitative estimate of drug-likeness (QED) is 0.663. The molecule has 5 nitrogen and oxygen atoms in total. The van der Waals surface area contributed by atoms with Crippen LogP contribution < -0.4 is 0 Å². The molecule has 0 aliphatic rings. The lowest BCUT2D eigenvalue weighted by molar-refractivity contribution is 0.554. The summed E-state index contributed by atoms with van der Waals surface area (Å²) in [5, 5.41) is 0. The number of hydrogen-bond donors (Lipinski definition) is 0. The first-order valence-electron chi connectivity index (χ1n) is 6.07. The van der Waals surface area contributed by atoms with Gasteiger partial charge in [0, 0.05) is 5.56 Å². The number of furan rings is 3. The minimum Gasteiger partial charge on any atom is -0.472 e. The van der Waals surface area contributed by atoms with Crippen LogP contribution in [0, 0.1) is 0 Å². The Labute approximate surface area is 115 Å². The highest BCUT2D eigenvalue weighted by Gasteiger charge is 2.08. The van der Waals surface area contributed by atoms with Crippen LogP contribution in [0.4, 0.5) is 0 Å². The molecule has 3 aromatic rings. The monoisotopic (exact) mass is 268 g/mol. The fourth-order valence-corrected chi connectivity index (χ4v) is 1.65. The molecule has 0 unspecified atom stereocenters. The van der Waals surface area contributed by atoms with E-state index in [1.165, 1.54) is 0 Å². The maximum atomic E-state index is 5.21. The van der Waals surface area contributed by atoms with Crippen molar-refractivity contribution in [3.05, 3.63) is 72.5 Å². The number of aliphatic imine (C=N–C) groups is 2. The maximum Gasteiger partial charge on any atom is 0.168 e. The molecule has 5 heteroatoms. The second-order valence-electron chi connectivity index (χ2n) is 4.02. The SMILES string of the molecule is C(=N\C(/N=C/c1ccco1)c1ccoc1)/c1ccco1. The molecule has 0 aromatic carbocycles. The van der Waals surface area contributed by atoms with Crippen molar-refractivity contribution >= 4 is 12.4 Å². The second-order valence-corrected chi connectivity index (χ2v) is 4.02. The molecule has 0 spiro atoms. The van der Waals surface area contributed by atoms with Gasteiger partial charge in [-0.3, -0.25) is 9.98 Å². The first-order chi connectivity index (χ1) is 9.92. The van der Waals surface area contributed by atoms with Gasteiger partial charge in [-0.1, -0.05) is 0 Å². The van der Waals surface area contributed by atoms with E-state index >= 15 is 0 Å². The van der Waals surface area contributed by atoms with Crippen LogP contribution in [-0.4, -0.2) is 12.4 Å². The molecule has 0 fully saturated rings. The Hall–Kier alpha value is -2.82. The molecule has 0 saturated carbocycles. The van der Waals surface area contributed by atoms with Gasteiger partial charge in [0.15, 0.2) is 6.17 Å². The summed E-state index contributed by atoms with van der Waals surface area (Å²) in [6, 6.07) is 9.09. The summed E-state index contributed by atoms with van der Waals surface area (Å²) < 4.78 is 15.5. The van der Waals surface area contributed by atoms with Gasteiger partial charge in [0.25, 0.3) is 0 Å². The average Bonchev–Trinajstić information content (AvgIpc) is 3.22. The molecular weight excluding hydrogens is 256 g/mol. The van der Waals surface area contributed by atoms with Crippen molar-refractivity contribution in [1.82, 2.24) is 0 Å². The van der Waals surface area contributed by atoms with E-state index in [9.17, 15) is 0 Å². The Bertz CT molecular complexity index is 621. The van der Waals surface area contributed by atoms with Crippen molar-refractivity contribution in [1.29, 1.82) is 0 Å². The van der Waals surface area contributed by atoms with Crippen LogP contribution in [0.1, 0.15) is 23.2 Å². The first-order valence-corrected chi connectivity index (χ1v) is 6.07. The van der Waals surface area contributed by atoms with E-state index in [0.717, 1.165) is 5.56 Å². The van der Waals surface area contributed by atoms with Crippen LogP contribution in [0.3, 0.4) is 0 Å². The Balaban J connectivity index is 1.81. The highest BCUT2D eigenvalue weighted by atomic mass is 16.3. The standard InChI is InChI=1S/C15H12N2O3/c1-3-13(19-6-1)9-16-15(12-5-8-18-11-12)17-10-14-4-2-7-20-14/h1-11,15H/b16-9+,17-10+. The molecule has 20 heavy (non-hydrogen) atoms. The maximum absolute atomic E-state index is 5.21. The Morgan fingerprint density at radius 2 is 1.50 bits per heavy atom. The molecule has 0 atom stereocenters. The van der Waals surface area contributed by atoms with Gasteiger partial charge in [0.1, 0.15) is 11.5 Å². The summed E-state index contributed by atoms with van der Waals surface area (Å²) in [5.74, 6) is 1.35. The zero-order valence-corrected chi connectivity index (χ0v) is 10.5. The van der Waals surface area contributed by atoms with E-state index in [4.69, 9.17) is 13.3 Å². The molecule has 100 valence electrons. The predicted molar refractivity (Wildman–Crippen MR) is 74.1 cm³/mol. The molecule has 3 aromatic heterocycles. The van der Waals surface area contributed by atoms with Crippen LogP contribution in [0.2, 0.25) is 0 Å². The first kappa shape index (κ1) is 12.2. The lowest BCUT2D eigenvalue weighted by atomic mass is 10.3. The number of rotatable bonds is 5. The normalized spacial score (nSPS) is 12.1. The molecule has 0 radical (unpaired) electrons. The molecule has 0 aliphatic heterocycles. The Morgan fingerprint density at radius 3 is 1.95 bits per heavy atom. The van der Waals surface area contributed by atoms with Crippen molar-refractivity contribution in [2.24, 2.45) is 9.98 Å². The van der Waals surface area contributed by atoms with E-state index < -0.39 is 6.17 Å². The van der Waals surface area contributed by atoms with Crippen molar-refractivity contribution in [2.45, 2.75) is 6.17 Å². The smallest absolute Gasteiger partial charge is 0.168 e. The molecule has 0 N–H and O–H groups in total. The zero-order chi connectivity index (χ0) is 13.6. The summed E-state index contributed by atoms with van der Waals surface area (Å²) in [4.78, 5) is 8.78. The van der Waals surface area contributed by atoms with Crippen LogP contribution >= 0.6 is 0 Å². The lowest BCUT2D eigenvalue weighted by Crippen LogP contribution is -1.92. The van der Waals surface area contributed by atoms with Gasteiger partial charge in [-0.2, -0.15) is 0 Å². The van der Waals surface area contributed by atoms with Crippen LogP contribution in [0.25, 0.3) is 0 Å². The molecule has 0 saturated heterocycles. The second kappa shape index (κ2) is 5.88. The zero-order valence-electron chi connectivity index (χ0n) is 10.5. The summed E-state index contributed by atoms with van der Waals surface area (Å²) in [6.07, 6.45) is 9.27. The van der Waals surface area contributed by atoms with Gasteiger partial charge in [-0.15, -0.1) is 0 Å². The molecule has 0 aliphatic carbocycles. The predicted octanol–water partition coefficient (Wildman–Crippen LogP) is 3.70. The third-order valence-electron chi connectivity index (χ3n) is 2.61. The lowest BCUT2D eigenvalue weighted by Gasteiger charge is -2.03. The van der Waals surface area contributed by atoms with E-state index in [1.54, 1.807) is 49.6 Å². The fraction of sp³-hybridized carbons (Fsp3) is 0.0667. The summed E-state index contributed by atoms with van der Waals surface area (Å²) in [5.41, 5.74) is 0.857. The molecule has 3 heterocycles. The van der Waals surface area contributed by atoms with Crippen molar-refractivity contribution < 1.29 is 13.3 Å². The molecule has 3 rings (SSSR count). The minimum atomic E-state index is -0.399. The van der Waals surface area contributed by atoms with Gasteiger partial charge >= 0.3 is 0 Å². The largest absolute Gasteiger partial charge is 0.472 e. The van der Waals surface area contributed by atoms with Crippen molar-refractivity contribution in [3.8, 4) is 0 Å². The summed E-state index contributed by atoms with van der Waals surface area (Å²) in [6.45, 7) is 0. The topological polar surface area (TPSA) is 64.1 Å². The summed E-state index contributed by atoms with van der Waals surface area (Å²) >= 11 is 0. The Morgan fingerprint density at radius 1 is 0.850 bits per heavy atom. The fourth-order valence-electron chi connectivity index (χ4n) is 1.65. The number of hydrogen-bond acceptors (Lipinski definition) is 5. The number of nitrogens with zero attached hydrogens (tertiary/aromatic N) is 2. The van der Waals surface area contributed by atoms with Crippen LogP contribution in [-0.2, 0) is 0 Å². The molecular formula is C15H12N2O3.